The van der Waals surface area contributed by atoms with Gasteiger partial charge in [0.05, 0.1) is 17.6 Å². The summed E-state index contributed by atoms with van der Waals surface area (Å²) in [4.78, 5) is 11.9. The zero-order valence-corrected chi connectivity index (χ0v) is 13.9. The fraction of sp³-hybridized carbons (Fsp3) is 0.533. The maximum Gasteiger partial charge on any atom is 0.338 e. The molecule has 1 aromatic rings. The van der Waals surface area contributed by atoms with Gasteiger partial charge in [0.15, 0.2) is 0 Å². The van der Waals surface area contributed by atoms with Crippen molar-refractivity contribution in [2.24, 2.45) is 0 Å². The van der Waals surface area contributed by atoms with Crippen molar-refractivity contribution >= 4 is 16.0 Å². The molecule has 0 radical (unpaired) electrons. The predicted molar refractivity (Wildman–Crippen MR) is 83.4 cm³/mol. The molecule has 0 bridgehead atoms. The smallest absolute Gasteiger partial charge is 0.338 e. The molecule has 0 saturated carbocycles. The zero-order valence-electron chi connectivity index (χ0n) is 13.1. The second kappa shape index (κ2) is 6.76. The lowest BCUT2D eigenvalue weighted by molar-refractivity contribution is 0.0599. The fourth-order valence-electron chi connectivity index (χ4n) is 2.75. The van der Waals surface area contributed by atoms with E-state index >= 15 is 0 Å². The SMILES string of the molecule is COC(=O)c1cccc(S(=O)(=O)N(C)C2CCNCC2)c1C. The molecule has 0 spiro atoms. The number of piperidine rings is 1. The molecule has 0 aliphatic carbocycles. The molecule has 1 aliphatic rings. The lowest BCUT2D eigenvalue weighted by Crippen LogP contribution is -2.44. The van der Waals surface area contributed by atoms with Crippen LogP contribution in [0, 0.1) is 6.92 Å². The van der Waals surface area contributed by atoms with Gasteiger partial charge in [0.2, 0.25) is 10.0 Å². The van der Waals surface area contributed by atoms with Gasteiger partial charge >= 0.3 is 5.97 Å². The molecular formula is C15H22N2O4S. The molecule has 0 atom stereocenters. The Labute approximate surface area is 131 Å². The molecule has 22 heavy (non-hydrogen) atoms. The van der Waals surface area contributed by atoms with Gasteiger partial charge in [0.25, 0.3) is 0 Å². The van der Waals surface area contributed by atoms with E-state index in [1.165, 1.54) is 17.5 Å². The first-order chi connectivity index (χ1) is 10.4. The van der Waals surface area contributed by atoms with Crippen molar-refractivity contribution in [1.29, 1.82) is 0 Å². The van der Waals surface area contributed by atoms with Crippen LogP contribution in [-0.2, 0) is 14.8 Å². The average molecular weight is 326 g/mol. The molecule has 1 heterocycles. The molecule has 1 saturated heterocycles. The molecule has 1 aromatic carbocycles. The number of sulfonamides is 1. The predicted octanol–water partition coefficient (Wildman–Crippen LogP) is 1.15. The van der Waals surface area contributed by atoms with Crippen LogP contribution in [0.4, 0.5) is 0 Å². The number of hydrogen-bond donors (Lipinski definition) is 1. The molecule has 2 rings (SSSR count). The van der Waals surface area contributed by atoms with Crippen LogP contribution in [0.25, 0.3) is 0 Å². The first kappa shape index (κ1) is 16.9. The van der Waals surface area contributed by atoms with Crippen LogP contribution >= 0.6 is 0 Å². The molecule has 6 nitrogen and oxygen atoms in total. The van der Waals surface area contributed by atoms with Crippen LogP contribution in [0.2, 0.25) is 0 Å². The van der Waals surface area contributed by atoms with Crippen LogP contribution in [0.3, 0.4) is 0 Å². The van der Waals surface area contributed by atoms with E-state index in [1.54, 1.807) is 26.1 Å². The Balaban J connectivity index is 2.39. The Morgan fingerprint density at radius 3 is 2.55 bits per heavy atom. The molecule has 0 amide bonds. The molecule has 7 heteroatoms. The summed E-state index contributed by atoms with van der Waals surface area (Å²) in [5.74, 6) is -0.529. The number of nitrogens with zero attached hydrogens (tertiary/aromatic N) is 1. The highest BCUT2D eigenvalue weighted by molar-refractivity contribution is 7.89. The fourth-order valence-corrected chi connectivity index (χ4v) is 4.41. The lowest BCUT2D eigenvalue weighted by Gasteiger charge is -2.31. The van der Waals surface area contributed by atoms with Crippen molar-refractivity contribution in [1.82, 2.24) is 9.62 Å². The monoisotopic (exact) mass is 326 g/mol. The number of carbonyl (C=O) groups excluding carboxylic acids is 1. The van der Waals surface area contributed by atoms with E-state index in [4.69, 9.17) is 4.74 Å². The summed E-state index contributed by atoms with van der Waals surface area (Å²) in [5.41, 5.74) is 0.706. The van der Waals surface area contributed by atoms with Gasteiger partial charge in [-0.05, 0) is 50.6 Å². The lowest BCUT2D eigenvalue weighted by atomic mass is 10.1. The van der Waals surface area contributed by atoms with E-state index < -0.39 is 16.0 Å². The highest BCUT2D eigenvalue weighted by Crippen LogP contribution is 2.25. The van der Waals surface area contributed by atoms with Crippen LogP contribution in [0.1, 0.15) is 28.8 Å². The third kappa shape index (κ3) is 3.16. The van der Waals surface area contributed by atoms with Crippen molar-refractivity contribution in [2.75, 3.05) is 27.2 Å². The normalized spacial score (nSPS) is 16.7. The van der Waals surface area contributed by atoms with Crippen molar-refractivity contribution in [3.63, 3.8) is 0 Å². The van der Waals surface area contributed by atoms with Gasteiger partial charge in [-0.15, -0.1) is 0 Å². The Morgan fingerprint density at radius 2 is 1.95 bits per heavy atom. The Bertz CT molecular complexity index is 652. The van der Waals surface area contributed by atoms with E-state index in [9.17, 15) is 13.2 Å². The number of benzene rings is 1. The molecule has 0 aromatic heterocycles. The Morgan fingerprint density at radius 1 is 1.32 bits per heavy atom. The maximum absolute atomic E-state index is 12.9. The first-order valence-electron chi connectivity index (χ1n) is 7.26. The Kier molecular flexibility index (Phi) is 5.20. The number of hydrogen-bond acceptors (Lipinski definition) is 5. The van der Waals surface area contributed by atoms with Crippen LogP contribution in [0.15, 0.2) is 23.1 Å². The quantitative estimate of drug-likeness (QED) is 0.840. The number of rotatable bonds is 4. The molecule has 1 aliphatic heterocycles. The third-order valence-electron chi connectivity index (χ3n) is 4.17. The minimum absolute atomic E-state index is 0.0209. The second-order valence-corrected chi connectivity index (χ2v) is 7.39. The van der Waals surface area contributed by atoms with Gasteiger partial charge in [0.1, 0.15) is 0 Å². The number of esters is 1. The number of nitrogens with one attached hydrogen (secondary N) is 1. The van der Waals surface area contributed by atoms with Gasteiger partial charge in [-0.25, -0.2) is 13.2 Å². The van der Waals surface area contributed by atoms with Crippen LogP contribution in [-0.4, -0.2) is 52.0 Å². The van der Waals surface area contributed by atoms with E-state index in [-0.39, 0.29) is 16.5 Å². The second-order valence-electron chi connectivity index (χ2n) is 5.42. The standard InChI is InChI=1S/C15H22N2O4S/c1-11-13(15(18)21-3)5-4-6-14(11)22(19,20)17(2)12-7-9-16-10-8-12/h4-6,12,16H,7-10H2,1-3H3. The van der Waals surface area contributed by atoms with Crippen molar-refractivity contribution < 1.29 is 17.9 Å². The van der Waals surface area contributed by atoms with E-state index in [0.29, 0.717) is 5.56 Å². The summed E-state index contributed by atoms with van der Waals surface area (Å²) in [5, 5.41) is 3.22. The molecule has 0 unspecified atom stereocenters. The topological polar surface area (TPSA) is 75.7 Å². The highest BCUT2D eigenvalue weighted by atomic mass is 32.2. The summed E-state index contributed by atoms with van der Waals surface area (Å²) < 4.78 is 31.9. The number of carbonyl (C=O) groups is 1. The van der Waals surface area contributed by atoms with Crippen LogP contribution < -0.4 is 5.32 Å². The minimum Gasteiger partial charge on any atom is -0.465 e. The van der Waals surface area contributed by atoms with E-state index in [1.807, 2.05) is 0 Å². The average Bonchev–Trinajstić information content (AvgIpc) is 2.54. The third-order valence-corrected chi connectivity index (χ3v) is 6.22. The number of methoxy groups -OCH3 is 1. The summed E-state index contributed by atoms with van der Waals surface area (Å²) in [6, 6.07) is 4.66. The van der Waals surface area contributed by atoms with Crippen molar-refractivity contribution in [3.05, 3.63) is 29.3 Å². The van der Waals surface area contributed by atoms with Gasteiger partial charge in [0, 0.05) is 13.1 Å². The van der Waals surface area contributed by atoms with E-state index in [0.717, 1.165) is 25.9 Å². The molecule has 1 fully saturated rings. The summed E-state index contributed by atoms with van der Waals surface area (Å²) in [6.07, 6.45) is 1.57. The number of ether oxygens (including phenoxy) is 1. The van der Waals surface area contributed by atoms with E-state index in [2.05, 4.69) is 5.32 Å². The minimum atomic E-state index is -3.64. The van der Waals surface area contributed by atoms with Gasteiger partial charge in [-0.1, -0.05) is 6.07 Å². The summed E-state index contributed by atoms with van der Waals surface area (Å²) in [6.45, 7) is 3.26. The van der Waals surface area contributed by atoms with Gasteiger partial charge in [-0.2, -0.15) is 4.31 Å². The highest BCUT2D eigenvalue weighted by Gasteiger charge is 2.31. The van der Waals surface area contributed by atoms with Gasteiger partial charge < -0.3 is 10.1 Å². The maximum atomic E-state index is 12.9. The van der Waals surface area contributed by atoms with Crippen molar-refractivity contribution in [2.45, 2.75) is 30.7 Å². The first-order valence-corrected chi connectivity index (χ1v) is 8.70. The summed E-state index contributed by atoms with van der Waals surface area (Å²) in [7, 11) is -0.747. The molecular weight excluding hydrogens is 304 g/mol. The summed E-state index contributed by atoms with van der Waals surface area (Å²) >= 11 is 0. The largest absolute Gasteiger partial charge is 0.465 e. The zero-order chi connectivity index (χ0) is 16.3. The Hall–Kier alpha value is -1.44. The van der Waals surface area contributed by atoms with Crippen molar-refractivity contribution in [3.8, 4) is 0 Å². The molecule has 122 valence electrons. The van der Waals surface area contributed by atoms with Gasteiger partial charge in [-0.3, -0.25) is 0 Å². The van der Waals surface area contributed by atoms with Crippen LogP contribution in [0.5, 0.6) is 0 Å². The molecule has 1 N–H and O–H groups in total.